The standard InChI is InChI=1S/C16H13Cl2N3O2/c1-22-14-6-10-13(7-15(14)23-2)19-8-20-16(10)21-9-3-4-11(17)12(18)5-9/h3-8H,1-2H3,(H,19,20,21). The van der Waals surface area contributed by atoms with Crippen molar-refractivity contribution in [1.82, 2.24) is 9.97 Å². The van der Waals surface area contributed by atoms with Gasteiger partial charge in [0, 0.05) is 17.1 Å². The predicted octanol–water partition coefficient (Wildman–Crippen LogP) is 4.70. The molecule has 0 aliphatic rings. The molecule has 3 rings (SSSR count). The molecule has 0 fully saturated rings. The van der Waals surface area contributed by atoms with Crippen molar-refractivity contribution >= 4 is 45.6 Å². The van der Waals surface area contributed by atoms with E-state index in [1.165, 1.54) is 6.33 Å². The number of methoxy groups -OCH3 is 2. The molecule has 1 N–H and O–H groups in total. The van der Waals surface area contributed by atoms with Gasteiger partial charge in [-0.1, -0.05) is 23.2 Å². The maximum Gasteiger partial charge on any atom is 0.162 e. The number of hydrogen-bond acceptors (Lipinski definition) is 5. The SMILES string of the molecule is COc1cc2ncnc(Nc3ccc(Cl)c(Cl)c3)c2cc1OC. The molecule has 0 saturated heterocycles. The molecule has 0 aliphatic heterocycles. The van der Waals surface area contributed by atoms with Crippen LogP contribution in [0.15, 0.2) is 36.7 Å². The summed E-state index contributed by atoms with van der Waals surface area (Å²) in [6.07, 6.45) is 1.48. The summed E-state index contributed by atoms with van der Waals surface area (Å²) in [6.45, 7) is 0. The van der Waals surface area contributed by atoms with Gasteiger partial charge in [0.05, 0.1) is 29.8 Å². The van der Waals surface area contributed by atoms with Crippen molar-refractivity contribution in [3.63, 3.8) is 0 Å². The minimum absolute atomic E-state index is 0.467. The number of hydrogen-bond donors (Lipinski definition) is 1. The van der Waals surface area contributed by atoms with Crippen LogP contribution in [0.25, 0.3) is 10.9 Å². The Bertz CT molecular complexity index is 871. The van der Waals surface area contributed by atoms with Gasteiger partial charge in [-0.2, -0.15) is 0 Å². The van der Waals surface area contributed by atoms with Crippen LogP contribution in [-0.2, 0) is 0 Å². The summed E-state index contributed by atoms with van der Waals surface area (Å²) in [6, 6.07) is 8.91. The Morgan fingerprint density at radius 3 is 2.35 bits per heavy atom. The van der Waals surface area contributed by atoms with Gasteiger partial charge in [0.25, 0.3) is 0 Å². The van der Waals surface area contributed by atoms with Crippen LogP contribution in [0.3, 0.4) is 0 Å². The molecule has 0 saturated carbocycles. The lowest BCUT2D eigenvalue weighted by Gasteiger charge is -2.12. The Kier molecular flexibility index (Phi) is 4.41. The molecule has 0 aliphatic carbocycles. The van der Waals surface area contributed by atoms with Crippen LogP contribution in [0, 0.1) is 0 Å². The largest absolute Gasteiger partial charge is 0.493 e. The van der Waals surface area contributed by atoms with Gasteiger partial charge in [-0.15, -0.1) is 0 Å². The number of benzene rings is 2. The highest BCUT2D eigenvalue weighted by Gasteiger charge is 2.11. The van der Waals surface area contributed by atoms with Crippen molar-refractivity contribution in [2.24, 2.45) is 0 Å². The normalized spacial score (nSPS) is 10.6. The summed E-state index contributed by atoms with van der Waals surface area (Å²) in [5, 5.41) is 4.98. The van der Waals surface area contributed by atoms with E-state index < -0.39 is 0 Å². The number of rotatable bonds is 4. The minimum atomic E-state index is 0.467. The third kappa shape index (κ3) is 3.11. The lowest BCUT2D eigenvalue weighted by Crippen LogP contribution is -1.98. The van der Waals surface area contributed by atoms with E-state index in [4.69, 9.17) is 32.7 Å². The van der Waals surface area contributed by atoms with Crippen LogP contribution in [-0.4, -0.2) is 24.2 Å². The first-order chi connectivity index (χ1) is 11.1. The summed E-state index contributed by atoms with van der Waals surface area (Å²) < 4.78 is 10.6. The average molecular weight is 350 g/mol. The quantitative estimate of drug-likeness (QED) is 0.739. The molecule has 5 nitrogen and oxygen atoms in total. The fraction of sp³-hybridized carbons (Fsp3) is 0.125. The molecule has 0 radical (unpaired) electrons. The molecule has 0 unspecified atom stereocenters. The first kappa shape index (κ1) is 15.6. The molecule has 0 spiro atoms. The summed E-state index contributed by atoms with van der Waals surface area (Å²) in [7, 11) is 3.17. The molecule has 1 aromatic heterocycles. The van der Waals surface area contributed by atoms with Crippen LogP contribution in [0.4, 0.5) is 11.5 Å². The van der Waals surface area contributed by atoms with Crippen molar-refractivity contribution < 1.29 is 9.47 Å². The van der Waals surface area contributed by atoms with Crippen LogP contribution < -0.4 is 14.8 Å². The third-order valence-corrected chi connectivity index (χ3v) is 4.06. The Labute approximate surface area is 143 Å². The lowest BCUT2D eigenvalue weighted by atomic mass is 10.2. The van der Waals surface area contributed by atoms with E-state index in [0.29, 0.717) is 27.4 Å². The molecule has 118 valence electrons. The number of halogens is 2. The molecule has 0 atom stereocenters. The van der Waals surface area contributed by atoms with Crippen molar-refractivity contribution in [2.45, 2.75) is 0 Å². The topological polar surface area (TPSA) is 56.3 Å². The van der Waals surface area contributed by atoms with Crippen molar-refractivity contribution in [3.8, 4) is 11.5 Å². The second-order valence-electron chi connectivity index (χ2n) is 4.70. The third-order valence-electron chi connectivity index (χ3n) is 3.32. The maximum absolute atomic E-state index is 6.04. The van der Waals surface area contributed by atoms with E-state index in [1.54, 1.807) is 32.4 Å². The lowest BCUT2D eigenvalue weighted by molar-refractivity contribution is 0.356. The Morgan fingerprint density at radius 1 is 0.913 bits per heavy atom. The zero-order valence-corrected chi connectivity index (χ0v) is 13.9. The maximum atomic E-state index is 6.04. The fourth-order valence-corrected chi connectivity index (χ4v) is 2.49. The highest BCUT2D eigenvalue weighted by Crippen LogP contribution is 2.35. The average Bonchev–Trinajstić information content (AvgIpc) is 2.57. The molecule has 7 heteroatoms. The van der Waals surface area contributed by atoms with Gasteiger partial charge in [0.1, 0.15) is 12.1 Å². The second-order valence-corrected chi connectivity index (χ2v) is 5.51. The predicted molar refractivity (Wildman–Crippen MR) is 92.4 cm³/mol. The second kappa shape index (κ2) is 6.48. The molecule has 1 heterocycles. The van der Waals surface area contributed by atoms with Crippen molar-refractivity contribution in [3.05, 3.63) is 46.7 Å². The number of nitrogens with one attached hydrogen (secondary N) is 1. The van der Waals surface area contributed by atoms with Crippen LogP contribution in [0.5, 0.6) is 11.5 Å². The Balaban J connectivity index is 2.08. The van der Waals surface area contributed by atoms with Crippen LogP contribution >= 0.6 is 23.2 Å². The van der Waals surface area contributed by atoms with E-state index in [-0.39, 0.29) is 0 Å². The Morgan fingerprint density at radius 2 is 1.65 bits per heavy atom. The number of ether oxygens (including phenoxy) is 2. The smallest absolute Gasteiger partial charge is 0.162 e. The number of fused-ring (bicyclic) bond motifs is 1. The Hall–Kier alpha value is -2.24. The highest BCUT2D eigenvalue weighted by atomic mass is 35.5. The first-order valence-corrected chi connectivity index (χ1v) is 7.46. The zero-order valence-electron chi connectivity index (χ0n) is 12.4. The molecular weight excluding hydrogens is 337 g/mol. The highest BCUT2D eigenvalue weighted by molar-refractivity contribution is 6.42. The monoisotopic (exact) mass is 349 g/mol. The molecule has 23 heavy (non-hydrogen) atoms. The first-order valence-electron chi connectivity index (χ1n) is 6.71. The van der Waals surface area contributed by atoms with Gasteiger partial charge < -0.3 is 14.8 Å². The van der Waals surface area contributed by atoms with Gasteiger partial charge in [-0.05, 0) is 24.3 Å². The van der Waals surface area contributed by atoms with Crippen LogP contribution in [0.1, 0.15) is 0 Å². The molecule has 0 bridgehead atoms. The van der Waals surface area contributed by atoms with Gasteiger partial charge in [0.2, 0.25) is 0 Å². The van der Waals surface area contributed by atoms with Crippen LogP contribution in [0.2, 0.25) is 10.0 Å². The van der Waals surface area contributed by atoms with Gasteiger partial charge in [-0.25, -0.2) is 9.97 Å². The number of anilines is 2. The van der Waals surface area contributed by atoms with Gasteiger partial charge in [-0.3, -0.25) is 0 Å². The van der Waals surface area contributed by atoms with Gasteiger partial charge in [0.15, 0.2) is 11.5 Å². The van der Waals surface area contributed by atoms with E-state index in [1.807, 2.05) is 12.1 Å². The summed E-state index contributed by atoms with van der Waals surface area (Å²) in [5.41, 5.74) is 1.51. The molecule has 2 aromatic carbocycles. The van der Waals surface area contributed by atoms with E-state index in [0.717, 1.165) is 16.6 Å². The zero-order chi connectivity index (χ0) is 16.4. The van der Waals surface area contributed by atoms with E-state index >= 15 is 0 Å². The fourth-order valence-electron chi connectivity index (χ4n) is 2.19. The van der Waals surface area contributed by atoms with Gasteiger partial charge >= 0.3 is 0 Å². The van der Waals surface area contributed by atoms with Crippen molar-refractivity contribution in [1.29, 1.82) is 0 Å². The van der Waals surface area contributed by atoms with E-state index in [9.17, 15) is 0 Å². The number of aromatic nitrogens is 2. The molecular formula is C16H13Cl2N3O2. The minimum Gasteiger partial charge on any atom is -0.493 e. The summed E-state index contributed by atoms with van der Waals surface area (Å²) in [4.78, 5) is 8.56. The van der Waals surface area contributed by atoms with E-state index in [2.05, 4.69) is 15.3 Å². The number of nitrogens with zero attached hydrogens (tertiary/aromatic N) is 2. The molecule has 3 aromatic rings. The summed E-state index contributed by atoms with van der Waals surface area (Å²) >= 11 is 12.0. The van der Waals surface area contributed by atoms with Crippen molar-refractivity contribution in [2.75, 3.05) is 19.5 Å². The summed E-state index contributed by atoms with van der Waals surface area (Å²) in [5.74, 6) is 1.85. The molecule has 0 amide bonds.